The molecule has 1 heterocycles. The van der Waals surface area contributed by atoms with Gasteiger partial charge in [-0.1, -0.05) is 0 Å². The van der Waals surface area contributed by atoms with E-state index in [0.717, 1.165) is 18.2 Å². The van der Waals surface area contributed by atoms with Gasteiger partial charge in [0.15, 0.2) is 6.10 Å². The molecule has 10 nitrogen and oxygen atoms in total. The van der Waals surface area contributed by atoms with Gasteiger partial charge in [0.25, 0.3) is 11.6 Å². The SMILES string of the molecule is CCOC(=O)c1cc(C(=O)OC(C)C(=O)NCc2ccco2)cc([N+](=O)[O-])c1. The first-order valence-corrected chi connectivity index (χ1v) is 8.29. The number of amides is 1. The van der Waals surface area contributed by atoms with Gasteiger partial charge in [0.1, 0.15) is 5.76 Å². The second-order valence-corrected chi connectivity index (χ2v) is 5.59. The van der Waals surface area contributed by atoms with Gasteiger partial charge in [-0.05, 0) is 32.0 Å². The first kappa shape index (κ1) is 20.6. The molecule has 0 aliphatic rings. The highest BCUT2D eigenvalue weighted by molar-refractivity contribution is 5.97. The normalized spacial score (nSPS) is 11.4. The van der Waals surface area contributed by atoms with Crippen LogP contribution in [-0.4, -0.2) is 35.5 Å². The molecule has 0 fully saturated rings. The van der Waals surface area contributed by atoms with E-state index in [-0.39, 0.29) is 24.3 Å². The van der Waals surface area contributed by atoms with Gasteiger partial charge in [0.2, 0.25) is 0 Å². The summed E-state index contributed by atoms with van der Waals surface area (Å²) in [4.78, 5) is 46.5. The molecule has 0 aliphatic heterocycles. The average Bonchev–Trinajstić information content (AvgIpc) is 3.19. The summed E-state index contributed by atoms with van der Waals surface area (Å²) < 4.78 is 14.9. The maximum Gasteiger partial charge on any atom is 0.339 e. The Kier molecular flexibility index (Phi) is 6.85. The molecule has 0 saturated heterocycles. The van der Waals surface area contributed by atoms with Gasteiger partial charge in [-0.15, -0.1) is 0 Å². The van der Waals surface area contributed by atoms with Gasteiger partial charge in [-0.3, -0.25) is 14.9 Å². The van der Waals surface area contributed by atoms with Crippen molar-refractivity contribution in [2.75, 3.05) is 6.61 Å². The molecule has 1 N–H and O–H groups in total. The number of benzene rings is 1. The molecule has 0 spiro atoms. The van der Waals surface area contributed by atoms with E-state index in [2.05, 4.69) is 5.32 Å². The zero-order chi connectivity index (χ0) is 20.7. The van der Waals surface area contributed by atoms with Crippen LogP contribution >= 0.6 is 0 Å². The van der Waals surface area contributed by atoms with Gasteiger partial charge in [-0.2, -0.15) is 0 Å². The Bertz CT molecular complexity index is 876. The van der Waals surface area contributed by atoms with Crippen LogP contribution in [0.15, 0.2) is 41.0 Å². The number of non-ortho nitro benzene ring substituents is 1. The summed E-state index contributed by atoms with van der Waals surface area (Å²) in [7, 11) is 0. The molecule has 10 heteroatoms. The van der Waals surface area contributed by atoms with Crippen molar-refractivity contribution in [1.29, 1.82) is 0 Å². The number of nitro benzene ring substituents is 1. The lowest BCUT2D eigenvalue weighted by atomic mass is 10.1. The molecule has 0 bridgehead atoms. The lowest BCUT2D eigenvalue weighted by molar-refractivity contribution is -0.384. The first-order chi connectivity index (χ1) is 13.3. The van der Waals surface area contributed by atoms with E-state index in [1.165, 1.54) is 13.2 Å². The minimum atomic E-state index is -1.17. The molecule has 0 saturated carbocycles. The number of nitro groups is 1. The fraction of sp³-hybridized carbons (Fsp3) is 0.278. The van der Waals surface area contributed by atoms with E-state index in [1.54, 1.807) is 19.1 Å². The van der Waals surface area contributed by atoms with Crippen LogP contribution in [0.25, 0.3) is 0 Å². The second-order valence-electron chi connectivity index (χ2n) is 5.59. The molecule has 0 aliphatic carbocycles. The maximum absolute atomic E-state index is 12.3. The number of nitrogens with zero attached hydrogens (tertiary/aromatic N) is 1. The first-order valence-electron chi connectivity index (χ1n) is 8.29. The summed E-state index contributed by atoms with van der Waals surface area (Å²) >= 11 is 0. The van der Waals surface area contributed by atoms with Crippen LogP contribution in [-0.2, 0) is 20.8 Å². The Morgan fingerprint density at radius 2 is 1.89 bits per heavy atom. The van der Waals surface area contributed by atoms with Crippen molar-refractivity contribution >= 4 is 23.5 Å². The molecule has 148 valence electrons. The number of nitrogens with one attached hydrogen (secondary N) is 1. The van der Waals surface area contributed by atoms with E-state index < -0.39 is 34.6 Å². The molecule has 0 radical (unpaired) electrons. The quantitative estimate of drug-likeness (QED) is 0.411. The van der Waals surface area contributed by atoms with Gasteiger partial charge < -0.3 is 19.2 Å². The topological polar surface area (TPSA) is 138 Å². The third kappa shape index (κ3) is 5.40. The summed E-state index contributed by atoms with van der Waals surface area (Å²) in [6, 6.07) is 6.39. The molecule has 2 rings (SSSR count). The average molecular weight is 390 g/mol. The van der Waals surface area contributed by atoms with Crippen LogP contribution in [0.3, 0.4) is 0 Å². The Hall–Kier alpha value is -3.69. The maximum atomic E-state index is 12.3. The molecular weight excluding hydrogens is 372 g/mol. The number of ether oxygens (including phenoxy) is 2. The monoisotopic (exact) mass is 390 g/mol. The number of carbonyl (C=O) groups excluding carboxylic acids is 3. The molecular formula is C18H18N2O8. The molecule has 1 amide bonds. The molecule has 28 heavy (non-hydrogen) atoms. The van der Waals surface area contributed by atoms with E-state index >= 15 is 0 Å². The van der Waals surface area contributed by atoms with Crippen molar-refractivity contribution in [3.63, 3.8) is 0 Å². The third-order valence-electron chi connectivity index (χ3n) is 3.55. The van der Waals surface area contributed by atoms with Crippen molar-refractivity contribution < 1.29 is 33.2 Å². The highest BCUT2D eigenvalue weighted by Crippen LogP contribution is 2.19. The summed E-state index contributed by atoms with van der Waals surface area (Å²) in [5.74, 6) is -1.87. The van der Waals surface area contributed by atoms with Crippen LogP contribution in [0, 0.1) is 10.1 Å². The van der Waals surface area contributed by atoms with Gasteiger partial charge in [-0.25, -0.2) is 9.59 Å². The van der Waals surface area contributed by atoms with E-state index in [1.807, 2.05) is 0 Å². The highest BCUT2D eigenvalue weighted by atomic mass is 16.6. The summed E-state index contributed by atoms with van der Waals surface area (Å²) in [5.41, 5.74) is -0.895. The van der Waals surface area contributed by atoms with E-state index in [9.17, 15) is 24.5 Å². The Morgan fingerprint density at radius 3 is 2.46 bits per heavy atom. The smallest absolute Gasteiger partial charge is 0.339 e. The summed E-state index contributed by atoms with van der Waals surface area (Å²) in [6.45, 7) is 3.10. The fourth-order valence-corrected chi connectivity index (χ4v) is 2.18. The summed E-state index contributed by atoms with van der Waals surface area (Å²) in [5, 5.41) is 13.6. The van der Waals surface area contributed by atoms with Crippen LogP contribution in [0.5, 0.6) is 0 Å². The van der Waals surface area contributed by atoms with Crippen molar-refractivity contribution in [3.05, 3.63) is 63.6 Å². The largest absolute Gasteiger partial charge is 0.467 e. The second kappa shape index (κ2) is 9.31. The number of hydrogen-bond acceptors (Lipinski definition) is 8. The molecule has 1 aromatic heterocycles. The van der Waals surface area contributed by atoms with Gasteiger partial charge in [0, 0.05) is 12.1 Å². The van der Waals surface area contributed by atoms with Crippen LogP contribution in [0.4, 0.5) is 5.69 Å². The fourth-order valence-electron chi connectivity index (χ4n) is 2.18. The van der Waals surface area contributed by atoms with E-state index in [4.69, 9.17) is 13.9 Å². The number of carbonyl (C=O) groups is 3. The summed E-state index contributed by atoms with van der Waals surface area (Å²) in [6.07, 6.45) is 0.279. The lowest BCUT2D eigenvalue weighted by Crippen LogP contribution is -2.35. The Balaban J connectivity index is 2.10. The van der Waals surface area contributed by atoms with Gasteiger partial charge in [0.05, 0.1) is 35.5 Å². The number of esters is 2. The van der Waals surface area contributed by atoms with Crippen LogP contribution < -0.4 is 5.32 Å². The lowest BCUT2D eigenvalue weighted by Gasteiger charge is -2.13. The predicted octanol–water partition coefficient (Wildman–Crippen LogP) is 2.23. The van der Waals surface area contributed by atoms with Crippen LogP contribution in [0.2, 0.25) is 0 Å². The Labute approximate surface area is 159 Å². The zero-order valence-electron chi connectivity index (χ0n) is 15.2. The predicted molar refractivity (Wildman–Crippen MR) is 94.5 cm³/mol. The molecule has 1 unspecified atom stereocenters. The van der Waals surface area contributed by atoms with Crippen LogP contribution in [0.1, 0.15) is 40.3 Å². The third-order valence-corrected chi connectivity index (χ3v) is 3.55. The minimum absolute atomic E-state index is 0.0637. The molecule has 1 atom stereocenters. The van der Waals surface area contributed by atoms with E-state index in [0.29, 0.717) is 5.76 Å². The van der Waals surface area contributed by atoms with Crippen molar-refractivity contribution in [2.24, 2.45) is 0 Å². The Morgan fingerprint density at radius 1 is 1.21 bits per heavy atom. The van der Waals surface area contributed by atoms with Gasteiger partial charge >= 0.3 is 11.9 Å². The standard InChI is InChI=1S/C18H18N2O8/c1-3-26-17(22)12-7-13(9-14(8-12)20(24)25)18(23)28-11(2)16(21)19-10-15-5-4-6-27-15/h4-9,11H,3,10H2,1-2H3,(H,19,21). The molecule has 2 aromatic rings. The minimum Gasteiger partial charge on any atom is -0.467 e. The number of rotatable bonds is 8. The van der Waals surface area contributed by atoms with Crippen molar-refractivity contribution in [2.45, 2.75) is 26.5 Å². The highest BCUT2D eigenvalue weighted by Gasteiger charge is 2.23. The number of hydrogen-bond donors (Lipinski definition) is 1. The zero-order valence-corrected chi connectivity index (χ0v) is 15.2. The number of furan rings is 1. The van der Waals surface area contributed by atoms with Crippen molar-refractivity contribution in [3.8, 4) is 0 Å². The van der Waals surface area contributed by atoms with Crippen molar-refractivity contribution in [1.82, 2.24) is 5.32 Å². The molecule has 1 aromatic carbocycles.